The highest BCUT2D eigenvalue weighted by molar-refractivity contribution is 7.45. The molecule has 0 fully saturated rings. The average Bonchev–Trinajstić information content (AvgIpc) is 3.31. The van der Waals surface area contributed by atoms with Gasteiger partial charge < -0.3 is 28.8 Å². The van der Waals surface area contributed by atoms with Crippen molar-refractivity contribution in [2.75, 3.05) is 40.9 Å². The first-order valence-electron chi connectivity index (χ1n) is 28.8. The summed E-state index contributed by atoms with van der Waals surface area (Å²) in [7, 11) is 1.24. The summed E-state index contributed by atoms with van der Waals surface area (Å²) in [6.45, 7) is 4.48. The summed E-state index contributed by atoms with van der Waals surface area (Å²) >= 11 is 0. The van der Waals surface area contributed by atoms with Gasteiger partial charge in [-0.25, -0.2) is 0 Å². The van der Waals surface area contributed by atoms with E-state index in [1.165, 1.54) is 167 Å². The number of hydrogen-bond donors (Lipinski definition) is 2. The number of amides is 1. The first kappa shape index (κ1) is 66.9. The van der Waals surface area contributed by atoms with Gasteiger partial charge in [0.2, 0.25) is 5.91 Å². The number of rotatable bonds is 52. The van der Waals surface area contributed by atoms with E-state index in [1.807, 2.05) is 27.2 Å². The van der Waals surface area contributed by atoms with Gasteiger partial charge in [0.1, 0.15) is 13.2 Å². The fourth-order valence-corrected chi connectivity index (χ4v) is 8.88. The number of aliphatic hydroxyl groups is 1. The highest BCUT2D eigenvalue weighted by Crippen LogP contribution is 2.38. The Morgan fingerprint density at radius 2 is 0.899 bits per heavy atom. The Morgan fingerprint density at radius 1 is 0.522 bits per heavy atom. The number of nitrogens with one attached hydrogen (secondary N) is 1. The fraction of sp³-hybridized carbons (Fsp3) is 0.783. The summed E-state index contributed by atoms with van der Waals surface area (Å²) in [4.78, 5) is 25.4. The van der Waals surface area contributed by atoms with Gasteiger partial charge >= 0.3 is 0 Å². The number of unbranched alkanes of at least 4 members (excludes halogenated alkanes) is 29. The van der Waals surface area contributed by atoms with Crippen LogP contribution in [0, 0.1) is 0 Å². The molecule has 9 heteroatoms. The van der Waals surface area contributed by atoms with Crippen LogP contribution in [0.4, 0.5) is 0 Å². The van der Waals surface area contributed by atoms with Crippen LogP contribution in [0.5, 0.6) is 0 Å². The van der Waals surface area contributed by atoms with Gasteiger partial charge in [0, 0.05) is 6.42 Å². The molecule has 0 aromatic carbocycles. The third-order valence-corrected chi connectivity index (χ3v) is 13.6. The van der Waals surface area contributed by atoms with Crippen molar-refractivity contribution in [1.29, 1.82) is 0 Å². The number of quaternary nitrogens is 1. The van der Waals surface area contributed by atoms with Crippen molar-refractivity contribution in [2.45, 2.75) is 264 Å². The number of likely N-dealkylation sites (N-methyl/N-ethyl adjacent to an activating group) is 1. The standard InChI is InChI=1S/C60H111N2O6P/c1-6-8-10-12-14-16-18-19-20-21-22-23-24-25-26-27-28-29-30-31-32-33-34-35-36-37-38-39-40-41-42-43-44-46-48-50-52-54-60(64)61-58(57-68-69(65,66)67-56-55-62(3,4)5)59(63)53-51-49-47-45-17-15-13-11-9-7-2/h8,10,14,16-17,19-20,22-23,45,51,53,58-59,63H,6-7,9,11-13,15,18,21,24-44,46-50,52,54-57H2,1-5H3,(H-,61,64,65,66)/b10-8-,16-14-,20-19-,23-22-,45-17+,53-51+. The Kier molecular flexibility index (Phi) is 49.3. The van der Waals surface area contributed by atoms with E-state index in [1.54, 1.807) is 6.08 Å². The molecule has 0 saturated carbocycles. The maximum atomic E-state index is 12.9. The summed E-state index contributed by atoms with van der Waals surface area (Å²) in [5.41, 5.74) is 0. The van der Waals surface area contributed by atoms with Crippen LogP contribution in [0.1, 0.15) is 251 Å². The molecule has 3 unspecified atom stereocenters. The molecule has 0 aromatic heterocycles. The predicted molar refractivity (Wildman–Crippen MR) is 297 cm³/mol. The van der Waals surface area contributed by atoms with Crippen LogP contribution in [0.2, 0.25) is 0 Å². The molecule has 402 valence electrons. The smallest absolute Gasteiger partial charge is 0.268 e. The lowest BCUT2D eigenvalue weighted by atomic mass is 10.0. The summed E-state index contributed by atoms with van der Waals surface area (Å²) in [6, 6.07) is -0.902. The minimum Gasteiger partial charge on any atom is -0.756 e. The lowest BCUT2D eigenvalue weighted by Crippen LogP contribution is -2.45. The Balaban J connectivity index is 3.88. The molecule has 1 amide bonds. The highest BCUT2D eigenvalue weighted by atomic mass is 31.2. The van der Waals surface area contributed by atoms with E-state index in [0.717, 1.165) is 64.2 Å². The second-order valence-corrected chi connectivity index (χ2v) is 22.0. The molecule has 0 radical (unpaired) electrons. The molecule has 8 nitrogen and oxygen atoms in total. The van der Waals surface area contributed by atoms with Crippen LogP contribution >= 0.6 is 7.82 Å². The number of nitrogens with zero attached hydrogens (tertiary/aromatic N) is 1. The number of carbonyl (C=O) groups is 1. The van der Waals surface area contributed by atoms with Crippen LogP contribution in [0.3, 0.4) is 0 Å². The van der Waals surface area contributed by atoms with Crippen molar-refractivity contribution in [2.24, 2.45) is 0 Å². The van der Waals surface area contributed by atoms with Crippen LogP contribution in [0.15, 0.2) is 72.9 Å². The number of aliphatic hydroxyl groups excluding tert-OH is 1. The van der Waals surface area contributed by atoms with Crippen LogP contribution in [-0.4, -0.2) is 68.5 Å². The van der Waals surface area contributed by atoms with Crippen molar-refractivity contribution < 1.29 is 32.9 Å². The first-order chi connectivity index (χ1) is 33.5. The molecule has 69 heavy (non-hydrogen) atoms. The van der Waals surface area contributed by atoms with Crippen molar-refractivity contribution >= 4 is 13.7 Å². The summed E-state index contributed by atoms with van der Waals surface area (Å²) in [5.74, 6) is -0.207. The second kappa shape index (κ2) is 50.9. The van der Waals surface area contributed by atoms with Gasteiger partial charge in [0.25, 0.3) is 7.82 Å². The number of hydrogen-bond acceptors (Lipinski definition) is 6. The van der Waals surface area contributed by atoms with Gasteiger partial charge in [-0.15, -0.1) is 0 Å². The summed E-state index contributed by atoms with van der Waals surface area (Å²) in [6.07, 6.45) is 70.2. The molecule has 0 bridgehead atoms. The van der Waals surface area contributed by atoms with Crippen molar-refractivity contribution in [3.63, 3.8) is 0 Å². The van der Waals surface area contributed by atoms with Gasteiger partial charge in [0.15, 0.2) is 0 Å². The minimum absolute atomic E-state index is 0.00687. The molecule has 0 spiro atoms. The van der Waals surface area contributed by atoms with Gasteiger partial charge in [-0.05, 0) is 70.6 Å². The number of allylic oxidation sites excluding steroid dienone is 11. The van der Waals surface area contributed by atoms with Crippen molar-refractivity contribution in [3.8, 4) is 0 Å². The van der Waals surface area contributed by atoms with Gasteiger partial charge in [-0.1, -0.05) is 247 Å². The van der Waals surface area contributed by atoms with E-state index in [-0.39, 0.29) is 12.5 Å². The predicted octanol–water partition coefficient (Wildman–Crippen LogP) is 16.9. The van der Waals surface area contributed by atoms with Crippen LogP contribution in [-0.2, 0) is 18.4 Å². The Labute approximate surface area is 427 Å². The minimum atomic E-state index is -4.60. The molecule has 0 rings (SSSR count). The Bertz CT molecular complexity index is 1350. The molecule has 0 aliphatic rings. The third-order valence-electron chi connectivity index (χ3n) is 12.7. The number of phosphoric acid groups is 1. The zero-order valence-electron chi connectivity index (χ0n) is 45.8. The molecule has 0 aliphatic carbocycles. The van der Waals surface area contributed by atoms with Crippen LogP contribution in [0.25, 0.3) is 0 Å². The van der Waals surface area contributed by atoms with Gasteiger partial charge in [0.05, 0.1) is 39.9 Å². The number of carbonyl (C=O) groups excluding carboxylic acids is 1. The average molecular weight is 988 g/mol. The molecule has 0 saturated heterocycles. The molecule has 0 heterocycles. The maximum absolute atomic E-state index is 12.9. The molecular formula is C60H111N2O6P. The van der Waals surface area contributed by atoms with Gasteiger partial charge in [-0.3, -0.25) is 9.36 Å². The zero-order valence-corrected chi connectivity index (χ0v) is 46.6. The van der Waals surface area contributed by atoms with E-state index >= 15 is 0 Å². The Morgan fingerprint density at radius 3 is 1.35 bits per heavy atom. The van der Waals surface area contributed by atoms with Crippen molar-refractivity contribution in [3.05, 3.63) is 72.9 Å². The topological polar surface area (TPSA) is 108 Å². The largest absolute Gasteiger partial charge is 0.756 e. The van der Waals surface area contributed by atoms with Gasteiger partial charge in [-0.2, -0.15) is 0 Å². The zero-order chi connectivity index (χ0) is 50.6. The molecule has 0 aliphatic heterocycles. The number of phosphoric ester groups is 1. The summed E-state index contributed by atoms with van der Waals surface area (Å²) < 4.78 is 23.2. The van der Waals surface area contributed by atoms with E-state index in [9.17, 15) is 19.4 Å². The lowest BCUT2D eigenvalue weighted by Gasteiger charge is -2.29. The van der Waals surface area contributed by atoms with E-state index < -0.39 is 26.6 Å². The monoisotopic (exact) mass is 987 g/mol. The first-order valence-corrected chi connectivity index (χ1v) is 30.3. The quantitative estimate of drug-likeness (QED) is 0.0272. The van der Waals surface area contributed by atoms with E-state index in [4.69, 9.17) is 9.05 Å². The Hall–Kier alpha value is -2.06. The molecule has 2 N–H and O–H groups in total. The molecule has 0 aromatic rings. The van der Waals surface area contributed by atoms with Crippen LogP contribution < -0.4 is 10.2 Å². The third kappa shape index (κ3) is 53.6. The lowest BCUT2D eigenvalue weighted by molar-refractivity contribution is -0.870. The van der Waals surface area contributed by atoms with Crippen molar-refractivity contribution in [1.82, 2.24) is 5.32 Å². The molecular weight excluding hydrogens is 876 g/mol. The molecule has 3 atom stereocenters. The second-order valence-electron chi connectivity index (χ2n) is 20.6. The van der Waals surface area contributed by atoms with E-state index in [0.29, 0.717) is 17.4 Å². The maximum Gasteiger partial charge on any atom is 0.268 e. The SMILES string of the molecule is CC/C=C\C/C=C\C/C=C\C/C=C\CCCCCCCCCCCCCCCCCCCCCCCCCCC(=O)NC(COP(=O)([O-])OCC[N+](C)(C)C)C(O)/C=C/CC/C=C/CCCCCC. The van der Waals surface area contributed by atoms with E-state index in [2.05, 4.69) is 79.9 Å². The normalized spacial score (nSPS) is 14.5. The summed E-state index contributed by atoms with van der Waals surface area (Å²) in [5, 5.41) is 13.8. The fourth-order valence-electron chi connectivity index (χ4n) is 8.16. The highest BCUT2D eigenvalue weighted by Gasteiger charge is 2.23.